The van der Waals surface area contributed by atoms with Gasteiger partial charge in [-0.3, -0.25) is 4.79 Å². The number of aryl methyl sites for hydroxylation is 2. The minimum atomic E-state index is 0.710. The molecule has 0 atom stereocenters. The Morgan fingerprint density at radius 1 is 1.16 bits per heavy atom. The van der Waals surface area contributed by atoms with Gasteiger partial charge in [-0.15, -0.1) is 0 Å². The first-order chi connectivity index (χ1) is 9.19. The monoisotopic (exact) mass is 254 g/mol. The summed E-state index contributed by atoms with van der Waals surface area (Å²) in [6, 6.07) is 6.21. The molecule has 1 fully saturated rings. The van der Waals surface area contributed by atoms with E-state index in [1.807, 2.05) is 6.07 Å². The van der Waals surface area contributed by atoms with Crippen LogP contribution in [0.2, 0.25) is 0 Å². The average molecular weight is 254 g/mol. The van der Waals surface area contributed by atoms with Crippen LogP contribution in [-0.2, 0) is 0 Å². The minimum absolute atomic E-state index is 0.710. The number of rotatable bonds is 2. The van der Waals surface area contributed by atoms with Gasteiger partial charge in [0, 0.05) is 18.5 Å². The third-order valence-corrected chi connectivity index (χ3v) is 3.83. The first-order valence-corrected chi connectivity index (χ1v) is 6.81. The smallest absolute Gasteiger partial charge is 0.153 e. The molecule has 1 saturated heterocycles. The number of aldehydes is 1. The molecule has 98 valence electrons. The van der Waals surface area contributed by atoms with E-state index in [-0.39, 0.29) is 0 Å². The van der Waals surface area contributed by atoms with Crippen molar-refractivity contribution in [1.82, 2.24) is 4.98 Å². The van der Waals surface area contributed by atoms with Crippen molar-refractivity contribution in [3.05, 3.63) is 34.9 Å². The Hall–Kier alpha value is -1.90. The quantitative estimate of drug-likeness (QED) is 0.771. The molecule has 0 spiro atoms. The Balaban J connectivity index is 2.23. The summed E-state index contributed by atoms with van der Waals surface area (Å²) < 4.78 is 0. The number of anilines is 1. The molecule has 1 aromatic heterocycles. The Morgan fingerprint density at radius 2 is 1.89 bits per heavy atom. The zero-order valence-electron chi connectivity index (χ0n) is 11.4. The Kier molecular flexibility index (Phi) is 2.97. The lowest BCUT2D eigenvalue weighted by molar-refractivity contribution is 0.112. The van der Waals surface area contributed by atoms with Crippen LogP contribution < -0.4 is 4.90 Å². The molecule has 2 heterocycles. The highest BCUT2D eigenvalue weighted by Crippen LogP contribution is 2.27. The summed E-state index contributed by atoms with van der Waals surface area (Å²) in [6.07, 6.45) is 3.30. The van der Waals surface area contributed by atoms with Gasteiger partial charge in [0.25, 0.3) is 0 Å². The van der Waals surface area contributed by atoms with Gasteiger partial charge in [0.15, 0.2) is 6.29 Å². The van der Waals surface area contributed by atoms with Crippen molar-refractivity contribution in [2.45, 2.75) is 26.7 Å². The van der Waals surface area contributed by atoms with Crippen LogP contribution in [0.3, 0.4) is 0 Å². The van der Waals surface area contributed by atoms with Gasteiger partial charge in [0.05, 0.1) is 11.1 Å². The highest BCUT2D eigenvalue weighted by Gasteiger charge is 2.18. The average Bonchev–Trinajstić information content (AvgIpc) is 2.91. The minimum Gasteiger partial charge on any atom is -0.356 e. The molecule has 0 aliphatic carbocycles. The molecular weight excluding hydrogens is 236 g/mol. The van der Waals surface area contributed by atoms with E-state index in [2.05, 4.69) is 30.9 Å². The third kappa shape index (κ3) is 2.09. The van der Waals surface area contributed by atoms with Crippen LogP contribution in [-0.4, -0.2) is 24.4 Å². The molecular formula is C16H18N2O. The van der Waals surface area contributed by atoms with Gasteiger partial charge in [-0.05, 0) is 49.9 Å². The van der Waals surface area contributed by atoms with Crippen molar-refractivity contribution in [1.29, 1.82) is 0 Å². The van der Waals surface area contributed by atoms with E-state index in [4.69, 9.17) is 4.98 Å². The second-order valence-corrected chi connectivity index (χ2v) is 5.36. The molecule has 1 aromatic carbocycles. The van der Waals surface area contributed by atoms with Gasteiger partial charge in [-0.25, -0.2) is 4.98 Å². The van der Waals surface area contributed by atoms with E-state index >= 15 is 0 Å². The summed E-state index contributed by atoms with van der Waals surface area (Å²) >= 11 is 0. The van der Waals surface area contributed by atoms with Gasteiger partial charge in [0.2, 0.25) is 0 Å². The standard InChI is InChI=1S/C16H18N2O/c1-11-7-12(2)14-9-13(10-19)16(17-15(14)8-11)18-5-3-4-6-18/h7-10H,3-6H2,1-2H3. The predicted octanol–water partition coefficient (Wildman–Crippen LogP) is 3.26. The number of pyridine rings is 1. The summed E-state index contributed by atoms with van der Waals surface area (Å²) in [5.74, 6) is 0.852. The fourth-order valence-corrected chi connectivity index (χ4v) is 2.90. The number of hydrogen-bond donors (Lipinski definition) is 0. The van der Waals surface area contributed by atoms with Crippen LogP contribution in [0, 0.1) is 13.8 Å². The number of benzene rings is 1. The van der Waals surface area contributed by atoms with Crippen molar-refractivity contribution < 1.29 is 4.79 Å². The summed E-state index contributed by atoms with van der Waals surface area (Å²) in [7, 11) is 0. The Morgan fingerprint density at radius 3 is 2.58 bits per heavy atom. The molecule has 0 saturated carbocycles. The number of carbonyl (C=O) groups excluding carboxylic acids is 1. The van der Waals surface area contributed by atoms with Crippen LogP contribution in [0.4, 0.5) is 5.82 Å². The van der Waals surface area contributed by atoms with Crippen molar-refractivity contribution in [3.63, 3.8) is 0 Å². The maximum atomic E-state index is 11.3. The lowest BCUT2D eigenvalue weighted by atomic mass is 10.0. The van der Waals surface area contributed by atoms with Gasteiger partial charge in [-0.2, -0.15) is 0 Å². The van der Waals surface area contributed by atoms with Gasteiger partial charge < -0.3 is 4.90 Å². The lowest BCUT2D eigenvalue weighted by Crippen LogP contribution is -2.20. The molecule has 1 aliphatic rings. The van der Waals surface area contributed by atoms with Crippen LogP contribution in [0.15, 0.2) is 18.2 Å². The molecule has 0 radical (unpaired) electrons. The van der Waals surface area contributed by atoms with E-state index in [0.717, 1.165) is 36.1 Å². The first kappa shape index (κ1) is 12.2. The number of aromatic nitrogens is 1. The van der Waals surface area contributed by atoms with Crippen molar-refractivity contribution >= 4 is 23.0 Å². The number of nitrogens with zero attached hydrogens (tertiary/aromatic N) is 2. The van der Waals surface area contributed by atoms with Crippen molar-refractivity contribution in [3.8, 4) is 0 Å². The zero-order valence-corrected chi connectivity index (χ0v) is 11.4. The lowest BCUT2D eigenvalue weighted by Gasteiger charge is -2.19. The molecule has 19 heavy (non-hydrogen) atoms. The van der Waals surface area contributed by atoms with Crippen LogP contribution in [0.5, 0.6) is 0 Å². The molecule has 1 aliphatic heterocycles. The largest absolute Gasteiger partial charge is 0.356 e. The molecule has 2 aromatic rings. The topological polar surface area (TPSA) is 33.2 Å². The maximum Gasteiger partial charge on any atom is 0.153 e. The third-order valence-electron chi connectivity index (χ3n) is 3.83. The normalized spacial score (nSPS) is 15.2. The number of carbonyl (C=O) groups is 1. The molecule has 0 unspecified atom stereocenters. The molecule has 0 amide bonds. The second kappa shape index (κ2) is 4.65. The van der Waals surface area contributed by atoms with E-state index < -0.39 is 0 Å². The van der Waals surface area contributed by atoms with E-state index in [0.29, 0.717) is 5.56 Å². The highest BCUT2D eigenvalue weighted by atomic mass is 16.1. The van der Waals surface area contributed by atoms with Gasteiger partial charge in [-0.1, -0.05) is 6.07 Å². The van der Waals surface area contributed by atoms with Gasteiger partial charge >= 0.3 is 0 Å². The highest BCUT2D eigenvalue weighted by molar-refractivity contribution is 5.93. The molecule has 0 bridgehead atoms. The SMILES string of the molecule is Cc1cc(C)c2cc(C=O)c(N3CCCC3)nc2c1. The first-order valence-electron chi connectivity index (χ1n) is 6.81. The van der Waals surface area contributed by atoms with Crippen LogP contribution in [0.1, 0.15) is 34.3 Å². The zero-order chi connectivity index (χ0) is 13.4. The molecule has 3 nitrogen and oxygen atoms in total. The predicted molar refractivity (Wildman–Crippen MR) is 78.1 cm³/mol. The van der Waals surface area contributed by atoms with Crippen LogP contribution >= 0.6 is 0 Å². The summed E-state index contributed by atoms with van der Waals surface area (Å²) in [4.78, 5) is 18.3. The molecule has 3 heteroatoms. The van der Waals surface area contributed by atoms with E-state index in [9.17, 15) is 4.79 Å². The second-order valence-electron chi connectivity index (χ2n) is 5.36. The van der Waals surface area contributed by atoms with Crippen LogP contribution in [0.25, 0.3) is 10.9 Å². The summed E-state index contributed by atoms with van der Waals surface area (Å²) in [5, 5.41) is 1.08. The fourth-order valence-electron chi connectivity index (χ4n) is 2.90. The van der Waals surface area contributed by atoms with E-state index in [1.54, 1.807) is 0 Å². The summed E-state index contributed by atoms with van der Waals surface area (Å²) in [6.45, 7) is 6.16. The maximum absolute atomic E-state index is 11.3. The van der Waals surface area contributed by atoms with Crippen molar-refractivity contribution in [2.75, 3.05) is 18.0 Å². The van der Waals surface area contributed by atoms with Gasteiger partial charge in [0.1, 0.15) is 5.82 Å². The molecule has 0 N–H and O–H groups in total. The number of hydrogen-bond acceptors (Lipinski definition) is 3. The molecule has 3 rings (SSSR count). The number of fused-ring (bicyclic) bond motifs is 1. The van der Waals surface area contributed by atoms with Crippen molar-refractivity contribution in [2.24, 2.45) is 0 Å². The Bertz CT molecular complexity index is 643. The fraction of sp³-hybridized carbons (Fsp3) is 0.375. The Labute approximate surface area is 113 Å². The summed E-state index contributed by atoms with van der Waals surface area (Å²) in [5.41, 5.74) is 4.09. The van der Waals surface area contributed by atoms with E-state index in [1.165, 1.54) is 24.0 Å².